The van der Waals surface area contributed by atoms with Gasteiger partial charge in [-0.2, -0.15) is 0 Å². The Morgan fingerprint density at radius 3 is 2.76 bits per heavy atom. The van der Waals surface area contributed by atoms with Crippen LogP contribution < -0.4 is 5.32 Å². The minimum absolute atomic E-state index is 0.740. The Morgan fingerprint density at radius 2 is 2.00 bits per heavy atom. The lowest BCUT2D eigenvalue weighted by Gasteiger charge is -2.26. The molecule has 1 N–H and O–H groups in total. The zero-order valence-corrected chi connectivity index (χ0v) is 11.7. The molecule has 0 aromatic heterocycles. The van der Waals surface area contributed by atoms with Crippen LogP contribution in [0.15, 0.2) is 22.9 Å². The highest BCUT2D eigenvalue weighted by molar-refractivity contribution is 5.35. The lowest BCUT2D eigenvalue weighted by atomic mass is 9.85. The van der Waals surface area contributed by atoms with E-state index in [-0.39, 0.29) is 0 Å². The van der Waals surface area contributed by atoms with Gasteiger partial charge in [-0.05, 0) is 62.0 Å². The van der Waals surface area contributed by atoms with Crippen molar-refractivity contribution in [3.8, 4) is 0 Å². The molecule has 0 saturated carbocycles. The Bertz CT molecular complexity index is 324. The number of rotatable bonds is 1. The third kappa shape index (κ3) is 3.37. The van der Waals surface area contributed by atoms with Crippen LogP contribution in [0.2, 0.25) is 0 Å². The van der Waals surface area contributed by atoms with Gasteiger partial charge in [-0.15, -0.1) is 0 Å². The van der Waals surface area contributed by atoms with Crippen molar-refractivity contribution in [1.29, 1.82) is 0 Å². The molecule has 0 saturated heterocycles. The standard InChI is InChI=1S/C16H27N/c1-12-6-4-8-15(11-13(2)10-12)16-14(3)7-5-9-17-16/h11-13,17H,4-10H2,1-3H3/b15-11-. The van der Waals surface area contributed by atoms with E-state index < -0.39 is 0 Å². The summed E-state index contributed by atoms with van der Waals surface area (Å²) in [4.78, 5) is 0. The zero-order valence-electron chi connectivity index (χ0n) is 11.7. The van der Waals surface area contributed by atoms with Crippen molar-refractivity contribution in [3.63, 3.8) is 0 Å². The van der Waals surface area contributed by atoms with Crippen molar-refractivity contribution in [2.75, 3.05) is 6.54 Å². The first-order chi connectivity index (χ1) is 8.16. The van der Waals surface area contributed by atoms with Gasteiger partial charge in [0.2, 0.25) is 0 Å². The van der Waals surface area contributed by atoms with Crippen LogP contribution in [-0.4, -0.2) is 6.54 Å². The molecule has 0 amide bonds. The summed E-state index contributed by atoms with van der Waals surface area (Å²) >= 11 is 0. The number of hydrogen-bond acceptors (Lipinski definition) is 1. The van der Waals surface area contributed by atoms with Gasteiger partial charge in [0.25, 0.3) is 0 Å². The van der Waals surface area contributed by atoms with Crippen molar-refractivity contribution in [3.05, 3.63) is 22.9 Å². The number of allylic oxidation sites excluding steroid dienone is 3. The van der Waals surface area contributed by atoms with Crippen molar-refractivity contribution >= 4 is 0 Å². The maximum atomic E-state index is 3.63. The van der Waals surface area contributed by atoms with Crippen LogP contribution in [0, 0.1) is 11.8 Å². The van der Waals surface area contributed by atoms with Gasteiger partial charge in [-0.1, -0.05) is 26.3 Å². The number of nitrogens with one attached hydrogen (secondary N) is 1. The van der Waals surface area contributed by atoms with Crippen LogP contribution in [0.25, 0.3) is 0 Å². The summed E-state index contributed by atoms with van der Waals surface area (Å²) in [7, 11) is 0. The third-order valence-electron chi connectivity index (χ3n) is 4.18. The maximum Gasteiger partial charge on any atom is 0.0358 e. The molecular weight excluding hydrogens is 206 g/mol. The van der Waals surface area contributed by atoms with Crippen LogP contribution in [-0.2, 0) is 0 Å². The predicted molar refractivity (Wildman–Crippen MR) is 74.8 cm³/mol. The Kier molecular flexibility index (Phi) is 4.31. The van der Waals surface area contributed by atoms with Crippen LogP contribution in [0.1, 0.15) is 59.3 Å². The second-order valence-corrected chi connectivity index (χ2v) is 6.09. The van der Waals surface area contributed by atoms with E-state index in [4.69, 9.17) is 0 Å². The minimum atomic E-state index is 0.740. The van der Waals surface area contributed by atoms with Crippen molar-refractivity contribution in [2.45, 2.75) is 59.3 Å². The van der Waals surface area contributed by atoms with Crippen LogP contribution in [0.5, 0.6) is 0 Å². The van der Waals surface area contributed by atoms with Crippen LogP contribution in [0.3, 0.4) is 0 Å². The summed E-state index contributed by atoms with van der Waals surface area (Å²) in [5.41, 5.74) is 4.66. The summed E-state index contributed by atoms with van der Waals surface area (Å²) in [6, 6.07) is 0. The summed E-state index contributed by atoms with van der Waals surface area (Å²) in [5.74, 6) is 1.64. The second-order valence-electron chi connectivity index (χ2n) is 6.09. The van der Waals surface area contributed by atoms with Gasteiger partial charge in [-0.3, -0.25) is 0 Å². The molecule has 0 fully saturated rings. The average Bonchev–Trinajstić information content (AvgIpc) is 2.26. The Hall–Kier alpha value is -0.720. The van der Waals surface area contributed by atoms with E-state index in [0.717, 1.165) is 18.4 Å². The molecule has 1 heterocycles. The highest BCUT2D eigenvalue weighted by Crippen LogP contribution is 2.30. The molecule has 0 spiro atoms. The monoisotopic (exact) mass is 233 g/mol. The van der Waals surface area contributed by atoms with E-state index in [1.165, 1.54) is 44.2 Å². The molecule has 1 heteroatoms. The fraction of sp³-hybridized carbons (Fsp3) is 0.750. The molecule has 1 aliphatic heterocycles. The van der Waals surface area contributed by atoms with E-state index >= 15 is 0 Å². The van der Waals surface area contributed by atoms with E-state index in [1.54, 1.807) is 11.1 Å². The van der Waals surface area contributed by atoms with E-state index in [1.807, 2.05) is 0 Å². The molecule has 0 aromatic carbocycles. The molecular formula is C16H27N. The lowest BCUT2D eigenvalue weighted by molar-refractivity contribution is 0.414. The van der Waals surface area contributed by atoms with Crippen LogP contribution >= 0.6 is 0 Å². The topological polar surface area (TPSA) is 12.0 Å². The molecule has 0 aromatic rings. The maximum absolute atomic E-state index is 3.63. The second kappa shape index (κ2) is 5.75. The fourth-order valence-electron chi connectivity index (χ4n) is 3.33. The Labute approximate surface area is 106 Å². The molecule has 2 aliphatic rings. The molecule has 1 aliphatic carbocycles. The fourth-order valence-corrected chi connectivity index (χ4v) is 3.33. The smallest absolute Gasteiger partial charge is 0.0358 e. The molecule has 2 unspecified atom stereocenters. The largest absolute Gasteiger partial charge is 0.385 e. The summed E-state index contributed by atoms with van der Waals surface area (Å²) in [5, 5.41) is 3.63. The van der Waals surface area contributed by atoms with Gasteiger partial charge in [-0.25, -0.2) is 0 Å². The predicted octanol–water partition coefficient (Wildman–Crippen LogP) is 4.42. The van der Waals surface area contributed by atoms with Crippen molar-refractivity contribution < 1.29 is 0 Å². The normalized spacial score (nSPS) is 34.4. The molecule has 0 radical (unpaired) electrons. The molecule has 17 heavy (non-hydrogen) atoms. The van der Waals surface area contributed by atoms with Crippen molar-refractivity contribution in [2.24, 2.45) is 11.8 Å². The first kappa shape index (κ1) is 12.7. The van der Waals surface area contributed by atoms with E-state index in [9.17, 15) is 0 Å². The number of hydrogen-bond donors (Lipinski definition) is 1. The summed E-state index contributed by atoms with van der Waals surface area (Å²) in [6.45, 7) is 8.24. The SMILES string of the molecule is CC1=C(/C2=C\C(C)CC(C)CCC2)NCCC1. The molecule has 0 bridgehead atoms. The van der Waals surface area contributed by atoms with Gasteiger partial charge >= 0.3 is 0 Å². The van der Waals surface area contributed by atoms with Gasteiger partial charge in [0, 0.05) is 12.2 Å². The highest BCUT2D eigenvalue weighted by atomic mass is 14.9. The van der Waals surface area contributed by atoms with Gasteiger partial charge < -0.3 is 5.32 Å². The first-order valence-corrected chi connectivity index (χ1v) is 7.31. The van der Waals surface area contributed by atoms with Crippen molar-refractivity contribution in [1.82, 2.24) is 5.32 Å². The third-order valence-corrected chi connectivity index (χ3v) is 4.18. The lowest BCUT2D eigenvalue weighted by Crippen LogP contribution is -2.23. The summed E-state index contributed by atoms with van der Waals surface area (Å²) in [6.07, 6.45) is 10.5. The highest BCUT2D eigenvalue weighted by Gasteiger charge is 2.17. The Balaban J connectivity index is 2.18. The van der Waals surface area contributed by atoms with Gasteiger partial charge in [0.1, 0.15) is 0 Å². The van der Waals surface area contributed by atoms with E-state index in [2.05, 4.69) is 32.2 Å². The van der Waals surface area contributed by atoms with Gasteiger partial charge in [0.15, 0.2) is 0 Å². The molecule has 96 valence electrons. The molecule has 2 rings (SSSR count). The summed E-state index contributed by atoms with van der Waals surface area (Å²) < 4.78 is 0. The minimum Gasteiger partial charge on any atom is -0.385 e. The average molecular weight is 233 g/mol. The Morgan fingerprint density at radius 1 is 1.18 bits per heavy atom. The first-order valence-electron chi connectivity index (χ1n) is 7.31. The van der Waals surface area contributed by atoms with Crippen LogP contribution in [0.4, 0.5) is 0 Å². The molecule has 1 nitrogen and oxygen atoms in total. The van der Waals surface area contributed by atoms with E-state index in [0.29, 0.717) is 0 Å². The quantitative estimate of drug-likeness (QED) is 0.707. The zero-order chi connectivity index (χ0) is 12.3. The van der Waals surface area contributed by atoms with Gasteiger partial charge in [0.05, 0.1) is 0 Å². The molecule has 2 atom stereocenters.